The fourth-order valence-corrected chi connectivity index (χ4v) is 2.57. The Hall–Kier alpha value is -2.34. The molecule has 2 aromatic rings. The smallest absolute Gasteiger partial charge is 0.270 e. The first-order valence-corrected chi connectivity index (χ1v) is 8.17. The van der Waals surface area contributed by atoms with Crippen LogP contribution in [0.4, 0.5) is 5.69 Å². The highest BCUT2D eigenvalue weighted by Crippen LogP contribution is 2.23. The molecule has 0 radical (unpaired) electrons. The summed E-state index contributed by atoms with van der Waals surface area (Å²) in [6.45, 7) is 6.66. The molecule has 1 N–H and O–H groups in total. The van der Waals surface area contributed by atoms with Crippen molar-refractivity contribution < 1.29 is 9.66 Å². The SMILES string of the molecule is COc1ccc([N+](=O)[O-])cc1CNCc1cccn1CCC(C)C. The molecule has 0 aliphatic carbocycles. The molecule has 6 nitrogen and oxygen atoms in total. The van der Waals surface area contributed by atoms with E-state index < -0.39 is 0 Å². The third-order valence-corrected chi connectivity index (χ3v) is 3.97. The molecule has 1 aromatic heterocycles. The van der Waals surface area contributed by atoms with Crippen molar-refractivity contribution >= 4 is 5.69 Å². The summed E-state index contributed by atoms with van der Waals surface area (Å²) in [5.41, 5.74) is 2.07. The Balaban J connectivity index is 1.98. The van der Waals surface area contributed by atoms with Crippen molar-refractivity contribution in [1.29, 1.82) is 0 Å². The molecule has 0 saturated heterocycles. The van der Waals surface area contributed by atoms with Crippen LogP contribution in [0.15, 0.2) is 36.5 Å². The number of non-ortho nitro benzene ring substituents is 1. The van der Waals surface area contributed by atoms with E-state index in [0.717, 1.165) is 18.5 Å². The molecule has 0 aliphatic rings. The third kappa shape index (κ3) is 4.83. The van der Waals surface area contributed by atoms with Crippen LogP contribution in [0.5, 0.6) is 5.75 Å². The summed E-state index contributed by atoms with van der Waals surface area (Å²) in [6.07, 6.45) is 3.23. The number of nitro benzene ring substituents is 1. The van der Waals surface area contributed by atoms with Crippen molar-refractivity contribution in [3.63, 3.8) is 0 Å². The van der Waals surface area contributed by atoms with Gasteiger partial charge in [0, 0.05) is 49.2 Å². The Kier molecular flexibility index (Phi) is 6.37. The minimum atomic E-state index is -0.389. The first-order valence-electron chi connectivity index (χ1n) is 8.17. The van der Waals surface area contributed by atoms with Gasteiger partial charge in [0.25, 0.3) is 5.69 Å². The molecule has 0 aliphatic heterocycles. The molecule has 130 valence electrons. The van der Waals surface area contributed by atoms with E-state index in [1.165, 1.54) is 11.8 Å². The second-order valence-corrected chi connectivity index (χ2v) is 6.23. The number of nitrogens with zero attached hydrogens (tertiary/aromatic N) is 2. The van der Waals surface area contributed by atoms with Gasteiger partial charge in [-0.1, -0.05) is 13.8 Å². The molecule has 0 amide bonds. The number of ether oxygens (including phenoxy) is 1. The van der Waals surface area contributed by atoms with Crippen molar-refractivity contribution in [2.75, 3.05) is 7.11 Å². The third-order valence-electron chi connectivity index (χ3n) is 3.97. The van der Waals surface area contributed by atoms with E-state index in [0.29, 0.717) is 24.8 Å². The minimum absolute atomic E-state index is 0.0768. The average molecular weight is 331 g/mol. The molecule has 0 bridgehead atoms. The van der Waals surface area contributed by atoms with Crippen molar-refractivity contribution in [3.8, 4) is 5.75 Å². The maximum absolute atomic E-state index is 10.9. The van der Waals surface area contributed by atoms with E-state index in [1.807, 2.05) is 6.07 Å². The molecule has 1 heterocycles. The Morgan fingerprint density at radius 2 is 2.08 bits per heavy atom. The molecular formula is C18H25N3O3. The van der Waals surface area contributed by atoms with Gasteiger partial charge in [-0.25, -0.2) is 0 Å². The highest BCUT2D eigenvalue weighted by molar-refractivity contribution is 5.43. The Morgan fingerprint density at radius 1 is 1.29 bits per heavy atom. The first-order chi connectivity index (χ1) is 11.5. The Labute approximate surface area is 142 Å². The van der Waals surface area contributed by atoms with Crippen LogP contribution >= 0.6 is 0 Å². The molecule has 0 fully saturated rings. The number of benzene rings is 1. The van der Waals surface area contributed by atoms with E-state index in [2.05, 4.69) is 36.0 Å². The highest BCUT2D eigenvalue weighted by Gasteiger charge is 2.11. The summed E-state index contributed by atoms with van der Waals surface area (Å²) in [5.74, 6) is 1.32. The van der Waals surface area contributed by atoms with Crippen LogP contribution in [0, 0.1) is 16.0 Å². The zero-order chi connectivity index (χ0) is 17.5. The number of aromatic nitrogens is 1. The van der Waals surface area contributed by atoms with Crippen molar-refractivity contribution in [2.45, 2.75) is 39.9 Å². The second-order valence-electron chi connectivity index (χ2n) is 6.23. The van der Waals surface area contributed by atoms with Gasteiger partial charge in [0.2, 0.25) is 0 Å². The lowest BCUT2D eigenvalue weighted by atomic mass is 10.1. The number of methoxy groups -OCH3 is 1. The summed E-state index contributed by atoms with van der Waals surface area (Å²) < 4.78 is 7.54. The van der Waals surface area contributed by atoms with Crippen molar-refractivity contribution in [1.82, 2.24) is 9.88 Å². The van der Waals surface area contributed by atoms with E-state index in [-0.39, 0.29) is 10.6 Å². The maximum Gasteiger partial charge on any atom is 0.270 e. The van der Waals surface area contributed by atoms with Gasteiger partial charge in [0.15, 0.2) is 0 Å². The minimum Gasteiger partial charge on any atom is -0.496 e. The zero-order valence-corrected chi connectivity index (χ0v) is 14.5. The number of aryl methyl sites for hydroxylation is 1. The van der Waals surface area contributed by atoms with Gasteiger partial charge in [-0.3, -0.25) is 10.1 Å². The highest BCUT2D eigenvalue weighted by atomic mass is 16.6. The lowest BCUT2D eigenvalue weighted by molar-refractivity contribution is -0.384. The van der Waals surface area contributed by atoms with Crippen LogP contribution in [-0.2, 0) is 19.6 Å². The average Bonchev–Trinajstić information content (AvgIpc) is 3.00. The second kappa shape index (κ2) is 8.49. The van der Waals surface area contributed by atoms with Gasteiger partial charge in [0.05, 0.1) is 12.0 Å². The predicted octanol–water partition coefficient (Wildman–Crippen LogP) is 3.74. The fourth-order valence-electron chi connectivity index (χ4n) is 2.57. The molecular weight excluding hydrogens is 306 g/mol. The van der Waals surface area contributed by atoms with Crippen LogP contribution in [0.25, 0.3) is 0 Å². The summed E-state index contributed by atoms with van der Waals surface area (Å²) in [6, 6.07) is 8.80. The molecule has 24 heavy (non-hydrogen) atoms. The first kappa shape index (κ1) is 18.0. The van der Waals surface area contributed by atoms with Crippen LogP contribution in [-0.4, -0.2) is 16.6 Å². The van der Waals surface area contributed by atoms with Gasteiger partial charge < -0.3 is 14.6 Å². The van der Waals surface area contributed by atoms with Crippen LogP contribution in [0.2, 0.25) is 0 Å². The predicted molar refractivity (Wildman–Crippen MR) is 94.1 cm³/mol. The van der Waals surface area contributed by atoms with Crippen LogP contribution < -0.4 is 10.1 Å². The quantitative estimate of drug-likeness (QED) is 0.561. The maximum atomic E-state index is 10.9. The van der Waals surface area contributed by atoms with Crippen LogP contribution in [0.1, 0.15) is 31.5 Å². The number of rotatable bonds is 9. The number of hydrogen-bond donors (Lipinski definition) is 1. The summed E-state index contributed by atoms with van der Waals surface area (Å²) in [7, 11) is 1.57. The van der Waals surface area contributed by atoms with E-state index in [4.69, 9.17) is 4.74 Å². The molecule has 2 rings (SSSR count). The van der Waals surface area contributed by atoms with E-state index in [1.54, 1.807) is 19.2 Å². The van der Waals surface area contributed by atoms with Gasteiger partial charge in [0.1, 0.15) is 5.75 Å². The Bertz CT molecular complexity index is 680. The molecule has 6 heteroatoms. The van der Waals surface area contributed by atoms with Gasteiger partial charge >= 0.3 is 0 Å². The van der Waals surface area contributed by atoms with Gasteiger partial charge in [-0.05, 0) is 30.5 Å². The monoisotopic (exact) mass is 331 g/mol. The normalized spacial score (nSPS) is 11.0. The van der Waals surface area contributed by atoms with E-state index >= 15 is 0 Å². The molecule has 0 saturated carbocycles. The number of hydrogen-bond acceptors (Lipinski definition) is 4. The van der Waals surface area contributed by atoms with E-state index in [9.17, 15) is 10.1 Å². The van der Waals surface area contributed by atoms with Gasteiger partial charge in [-0.15, -0.1) is 0 Å². The molecule has 0 atom stereocenters. The van der Waals surface area contributed by atoms with Crippen LogP contribution in [0.3, 0.4) is 0 Å². The zero-order valence-electron chi connectivity index (χ0n) is 14.5. The van der Waals surface area contributed by atoms with Crippen molar-refractivity contribution in [2.24, 2.45) is 5.92 Å². The number of nitrogens with one attached hydrogen (secondary N) is 1. The molecule has 0 unspecified atom stereocenters. The molecule has 1 aromatic carbocycles. The molecule has 0 spiro atoms. The Morgan fingerprint density at radius 3 is 2.75 bits per heavy atom. The van der Waals surface area contributed by atoms with Crippen molar-refractivity contribution in [3.05, 3.63) is 57.9 Å². The standard InChI is InChI=1S/C18H25N3O3/c1-14(2)8-10-20-9-4-5-17(20)13-19-12-15-11-16(21(22)23)6-7-18(15)24-3/h4-7,9,11,14,19H,8,10,12-13H2,1-3H3. The summed E-state index contributed by atoms with van der Waals surface area (Å²) in [4.78, 5) is 10.5. The summed E-state index contributed by atoms with van der Waals surface area (Å²) in [5, 5.41) is 14.3. The topological polar surface area (TPSA) is 69.3 Å². The van der Waals surface area contributed by atoms with Gasteiger partial charge in [-0.2, -0.15) is 0 Å². The summed E-state index contributed by atoms with van der Waals surface area (Å²) >= 11 is 0. The number of nitro groups is 1. The lowest BCUT2D eigenvalue weighted by Gasteiger charge is -2.13. The lowest BCUT2D eigenvalue weighted by Crippen LogP contribution is -2.16. The largest absolute Gasteiger partial charge is 0.496 e. The fraction of sp³-hybridized carbons (Fsp3) is 0.444.